The lowest BCUT2D eigenvalue weighted by Crippen LogP contribution is -2.31. The van der Waals surface area contributed by atoms with E-state index >= 15 is 0 Å². The van der Waals surface area contributed by atoms with Gasteiger partial charge in [-0.2, -0.15) is 0 Å². The number of carbonyl (C=O) groups is 1. The summed E-state index contributed by atoms with van der Waals surface area (Å²) in [6.07, 6.45) is -0.360. The van der Waals surface area contributed by atoms with Crippen molar-refractivity contribution >= 4 is 28.9 Å². The maximum Gasteiger partial charge on any atom is 0.271 e. The molecule has 0 spiro atoms. The van der Waals surface area contributed by atoms with Crippen LogP contribution in [-0.2, 0) is 11.2 Å². The van der Waals surface area contributed by atoms with Crippen LogP contribution in [0.15, 0.2) is 36.4 Å². The van der Waals surface area contributed by atoms with Gasteiger partial charge in [-0.1, -0.05) is 11.6 Å². The van der Waals surface area contributed by atoms with Crippen LogP contribution in [0.4, 0.5) is 11.4 Å². The first-order chi connectivity index (χ1) is 11.5. The number of halogens is 1. The summed E-state index contributed by atoms with van der Waals surface area (Å²) in [6.45, 7) is 0. The smallest absolute Gasteiger partial charge is 0.271 e. The Hall–Kier alpha value is -2.80. The minimum atomic E-state index is -0.734. The number of hydrogen-bond acceptors (Lipinski definition) is 5. The molecule has 0 bridgehead atoms. The van der Waals surface area contributed by atoms with Gasteiger partial charge in [0.15, 0.2) is 6.10 Å². The SMILES string of the molecule is COc1ccc([N+](=O)[O-])cc1NC(=O)[C@H]1Cc2cc(Cl)ccc2O1. The fraction of sp³-hybridized carbons (Fsp3) is 0.188. The van der Waals surface area contributed by atoms with Gasteiger partial charge in [-0.25, -0.2) is 0 Å². The van der Waals surface area contributed by atoms with Crippen molar-refractivity contribution in [3.63, 3.8) is 0 Å². The third-order valence-corrected chi connectivity index (χ3v) is 3.88. The zero-order valence-corrected chi connectivity index (χ0v) is 13.4. The standard InChI is InChI=1S/C16H13ClN2O5/c1-23-14-5-3-11(19(21)22)8-12(14)18-16(20)15-7-9-6-10(17)2-4-13(9)24-15/h2-6,8,15H,7H2,1H3,(H,18,20)/t15-/m1/s1. The molecule has 1 atom stereocenters. The van der Waals surface area contributed by atoms with Gasteiger partial charge in [0, 0.05) is 23.6 Å². The Morgan fingerprint density at radius 3 is 2.88 bits per heavy atom. The highest BCUT2D eigenvalue weighted by atomic mass is 35.5. The molecule has 3 rings (SSSR count). The topological polar surface area (TPSA) is 90.7 Å². The maximum atomic E-state index is 12.4. The molecule has 1 N–H and O–H groups in total. The lowest BCUT2D eigenvalue weighted by molar-refractivity contribution is -0.384. The number of nitrogens with zero attached hydrogens (tertiary/aromatic N) is 1. The highest BCUT2D eigenvalue weighted by Gasteiger charge is 2.30. The number of anilines is 1. The van der Waals surface area contributed by atoms with Gasteiger partial charge in [0.05, 0.1) is 17.7 Å². The summed E-state index contributed by atoms with van der Waals surface area (Å²) in [5, 5.41) is 14.1. The van der Waals surface area contributed by atoms with Crippen LogP contribution in [0.5, 0.6) is 11.5 Å². The number of fused-ring (bicyclic) bond motifs is 1. The number of carbonyl (C=O) groups excluding carboxylic acids is 1. The molecule has 0 fully saturated rings. The zero-order valence-electron chi connectivity index (χ0n) is 12.6. The first kappa shape index (κ1) is 16.1. The number of ether oxygens (including phenoxy) is 2. The molecule has 1 aliphatic heterocycles. The summed E-state index contributed by atoms with van der Waals surface area (Å²) in [4.78, 5) is 22.8. The summed E-state index contributed by atoms with van der Waals surface area (Å²) in [5.74, 6) is 0.513. The highest BCUT2D eigenvalue weighted by molar-refractivity contribution is 6.30. The van der Waals surface area contributed by atoms with E-state index in [4.69, 9.17) is 21.1 Å². The second-order valence-electron chi connectivity index (χ2n) is 5.19. The van der Waals surface area contributed by atoms with Crippen LogP contribution in [0.2, 0.25) is 5.02 Å². The molecule has 7 nitrogen and oxygen atoms in total. The number of nitro groups is 1. The van der Waals surface area contributed by atoms with Crippen LogP contribution in [0, 0.1) is 10.1 Å². The lowest BCUT2D eigenvalue weighted by atomic mass is 10.1. The van der Waals surface area contributed by atoms with Crippen molar-refractivity contribution in [1.82, 2.24) is 0 Å². The molecule has 0 saturated carbocycles. The molecule has 0 unspecified atom stereocenters. The van der Waals surface area contributed by atoms with Crippen molar-refractivity contribution in [2.75, 3.05) is 12.4 Å². The lowest BCUT2D eigenvalue weighted by Gasteiger charge is -2.13. The summed E-state index contributed by atoms with van der Waals surface area (Å²) in [6, 6.07) is 9.12. The number of amides is 1. The Labute approximate surface area is 142 Å². The van der Waals surface area contributed by atoms with E-state index in [1.54, 1.807) is 18.2 Å². The maximum absolute atomic E-state index is 12.4. The van der Waals surface area contributed by atoms with Gasteiger partial charge in [-0.3, -0.25) is 14.9 Å². The Kier molecular flexibility index (Phi) is 4.26. The molecule has 2 aromatic carbocycles. The molecule has 0 aliphatic carbocycles. The van der Waals surface area contributed by atoms with Crippen molar-refractivity contribution < 1.29 is 19.2 Å². The number of rotatable bonds is 4. The average Bonchev–Trinajstić information content (AvgIpc) is 2.97. The molecule has 0 saturated heterocycles. The van der Waals surface area contributed by atoms with Crippen LogP contribution in [0.1, 0.15) is 5.56 Å². The monoisotopic (exact) mass is 348 g/mol. The highest BCUT2D eigenvalue weighted by Crippen LogP contribution is 2.33. The Morgan fingerprint density at radius 2 is 2.17 bits per heavy atom. The molecule has 1 heterocycles. The van der Waals surface area contributed by atoms with Gasteiger partial charge in [0.1, 0.15) is 11.5 Å². The minimum Gasteiger partial charge on any atom is -0.495 e. The van der Waals surface area contributed by atoms with Gasteiger partial charge in [-0.05, 0) is 29.8 Å². The molecular weight excluding hydrogens is 336 g/mol. The molecule has 0 aromatic heterocycles. The van der Waals surface area contributed by atoms with Crippen LogP contribution in [0.3, 0.4) is 0 Å². The first-order valence-corrected chi connectivity index (χ1v) is 7.44. The van der Waals surface area contributed by atoms with E-state index < -0.39 is 16.9 Å². The molecule has 24 heavy (non-hydrogen) atoms. The van der Waals surface area contributed by atoms with E-state index in [0.717, 1.165) is 5.56 Å². The van der Waals surface area contributed by atoms with Crippen molar-refractivity contribution in [3.8, 4) is 11.5 Å². The predicted octanol–water partition coefficient (Wildman–Crippen LogP) is 3.20. The molecule has 0 radical (unpaired) electrons. The first-order valence-electron chi connectivity index (χ1n) is 7.06. The van der Waals surface area contributed by atoms with Crippen LogP contribution >= 0.6 is 11.6 Å². The van der Waals surface area contributed by atoms with Gasteiger partial charge >= 0.3 is 0 Å². The van der Waals surface area contributed by atoms with E-state index in [2.05, 4.69) is 5.32 Å². The summed E-state index contributed by atoms with van der Waals surface area (Å²) < 4.78 is 10.7. The Bertz CT molecular complexity index is 824. The quantitative estimate of drug-likeness (QED) is 0.676. The number of benzene rings is 2. The molecule has 1 aliphatic rings. The minimum absolute atomic E-state index is 0.145. The van der Waals surface area contributed by atoms with Gasteiger partial charge in [0.2, 0.25) is 0 Å². The Morgan fingerprint density at radius 1 is 1.38 bits per heavy atom. The van der Waals surface area contributed by atoms with Gasteiger partial charge in [-0.15, -0.1) is 0 Å². The fourth-order valence-corrected chi connectivity index (χ4v) is 2.68. The van der Waals surface area contributed by atoms with Gasteiger partial charge in [0.25, 0.3) is 11.6 Å². The van der Waals surface area contributed by atoms with E-state index in [1.807, 2.05) is 0 Å². The molecule has 2 aromatic rings. The number of nitro benzene ring substituents is 1. The van der Waals surface area contributed by atoms with Crippen molar-refractivity contribution in [3.05, 3.63) is 57.1 Å². The second kappa shape index (κ2) is 6.37. The second-order valence-corrected chi connectivity index (χ2v) is 5.63. The number of hydrogen-bond donors (Lipinski definition) is 1. The predicted molar refractivity (Wildman–Crippen MR) is 87.9 cm³/mol. The van der Waals surface area contributed by atoms with E-state index in [9.17, 15) is 14.9 Å². The summed E-state index contributed by atoms with van der Waals surface area (Å²) >= 11 is 5.93. The number of nitrogens with one attached hydrogen (secondary N) is 1. The summed E-state index contributed by atoms with van der Waals surface area (Å²) in [7, 11) is 1.42. The van der Waals surface area contributed by atoms with E-state index in [-0.39, 0.29) is 11.4 Å². The van der Waals surface area contributed by atoms with Crippen molar-refractivity contribution in [2.24, 2.45) is 0 Å². The third kappa shape index (κ3) is 3.11. The fourth-order valence-electron chi connectivity index (χ4n) is 2.48. The molecular formula is C16H13ClN2O5. The van der Waals surface area contributed by atoms with E-state index in [0.29, 0.717) is 22.9 Å². The van der Waals surface area contributed by atoms with E-state index in [1.165, 1.54) is 25.3 Å². The normalized spacial score (nSPS) is 15.3. The largest absolute Gasteiger partial charge is 0.495 e. The number of non-ortho nitro benzene ring substituents is 1. The van der Waals surface area contributed by atoms with Crippen molar-refractivity contribution in [1.29, 1.82) is 0 Å². The van der Waals surface area contributed by atoms with Crippen molar-refractivity contribution in [2.45, 2.75) is 12.5 Å². The average molecular weight is 349 g/mol. The zero-order chi connectivity index (χ0) is 17.3. The van der Waals surface area contributed by atoms with Crippen LogP contribution in [-0.4, -0.2) is 24.0 Å². The number of methoxy groups -OCH3 is 1. The van der Waals surface area contributed by atoms with Crippen LogP contribution < -0.4 is 14.8 Å². The summed E-state index contributed by atoms with van der Waals surface area (Å²) in [5.41, 5.74) is 0.913. The molecule has 1 amide bonds. The third-order valence-electron chi connectivity index (χ3n) is 3.64. The Balaban J connectivity index is 1.78. The van der Waals surface area contributed by atoms with Crippen LogP contribution in [0.25, 0.3) is 0 Å². The van der Waals surface area contributed by atoms with Gasteiger partial charge < -0.3 is 14.8 Å². The molecule has 8 heteroatoms. The molecule has 124 valence electrons.